The van der Waals surface area contributed by atoms with Gasteiger partial charge in [-0.3, -0.25) is 4.98 Å². The summed E-state index contributed by atoms with van der Waals surface area (Å²) >= 11 is 0. The smallest absolute Gasteiger partial charge is 0.317 e. The average Bonchev–Trinajstić information content (AvgIpc) is 2.99. The molecule has 0 unspecified atom stereocenters. The van der Waals surface area contributed by atoms with Gasteiger partial charge in [0, 0.05) is 44.9 Å². The highest BCUT2D eigenvalue weighted by Crippen LogP contribution is 1.97. The molecular formula is C13H18N6O. The summed E-state index contributed by atoms with van der Waals surface area (Å²) in [7, 11) is 1.77. The first kappa shape index (κ1) is 14.0. The van der Waals surface area contributed by atoms with Crippen molar-refractivity contribution in [1.29, 1.82) is 0 Å². The number of hydrogen-bond acceptors (Lipinski definition) is 4. The Labute approximate surface area is 117 Å². The van der Waals surface area contributed by atoms with Gasteiger partial charge in [0.1, 0.15) is 0 Å². The van der Waals surface area contributed by atoms with Gasteiger partial charge < -0.3 is 10.2 Å². The van der Waals surface area contributed by atoms with Crippen molar-refractivity contribution in [3.8, 4) is 0 Å². The predicted octanol–water partition coefficient (Wildman–Crippen LogP) is 0.626. The minimum atomic E-state index is -0.0931. The van der Waals surface area contributed by atoms with Crippen LogP contribution in [-0.4, -0.2) is 51.5 Å². The van der Waals surface area contributed by atoms with E-state index in [0.717, 1.165) is 17.8 Å². The lowest BCUT2D eigenvalue weighted by Crippen LogP contribution is -2.39. The van der Waals surface area contributed by atoms with Gasteiger partial charge in [0.2, 0.25) is 0 Å². The van der Waals surface area contributed by atoms with E-state index in [1.54, 1.807) is 24.3 Å². The van der Waals surface area contributed by atoms with Crippen LogP contribution in [0.2, 0.25) is 0 Å². The fourth-order valence-corrected chi connectivity index (χ4v) is 1.71. The van der Waals surface area contributed by atoms with E-state index in [1.165, 1.54) is 0 Å². The Hall–Kier alpha value is -2.44. The zero-order chi connectivity index (χ0) is 14.2. The number of amides is 2. The maximum Gasteiger partial charge on any atom is 0.317 e. The number of aromatic nitrogens is 4. The highest BCUT2D eigenvalue weighted by atomic mass is 16.2. The van der Waals surface area contributed by atoms with Crippen LogP contribution in [0.25, 0.3) is 0 Å². The third-order valence-electron chi connectivity index (χ3n) is 2.90. The van der Waals surface area contributed by atoms with Crippen LogP contribution in [0.15, 0.2) is 30.6 Å². The number of aromatic amines is 1. The molecule has 0 aliphatic carbocycles. The van der Waals surface area contributed by atoms with E-state index in [-0.39, 0.29) is 6.03 Å². The summed E-state index contributed by atoms with van der Waals surface area (Å²) in [4.78, 5) is 17.7. The van der Waals surface area contributed by atoms with Gasteiger partial charge in [0.05, 0.1) is 11.9 Å². The van der Waals surface area contributed by atoms with Crippen LogP contribution in [0, 0.1) is 0 Å². The number of H-pyrrole nitrogens is 1. The number of likely N-dealkylation sites (N-methyl/N-ethyl adjacent to an activating group) is 1. The minimum absolute atomic E-state index is 0.0931. The summed E-state index contributed by atoms with van der Waals surface area (Å²) < 4.78 is 0. The molecule has 0 fully saturated rings. The topological polar surface area (TPSA) is 86.8 Å². The van der Waals surface area contributed by atoms with Gasteiger partial charge >= 0.3 is 6.03 Å². The molecule has 2 N–H and O–H groups in total. The Morgan fingerprint density at radius 3 is 2.95 bits per heavy atom. The number of rotatable bonds is 6. The van der Waals surface area contributed by atoms with E-state index in [9.17, 15) is 4.79 Å². The molecule has 20 heavy (non-hydrogen) atoms. The van der Waals surface area contributed by atoms with Crippen molar-refractivity contribution in [3.05, 3.63) is 42.0 Å². The van der Waals surface area contributed by atoms with E-state index < -0.39 is 0 Å². The van der Waals surface area contributed by atoms with Crippen LogP contribution < -0.4 is 5.32 Å². The Morgan fingerprint density at radius 2 is 2.25 bits per heavy atom. The van der Waals surface area contributed by atoms with Crippen molar-refractivity contribution in [3.63, 3.8) is 0 Å². The maximum absolute atomic E-state index is 11.8. The summed E-state index contributed by atoms with van der Waals surface area (Å²) in [6.07, 6.45) is 4.81. The molecule has 7 heteroatoms. The molecule has 106 valence electrons. The summed E-state index contributed by atoms with van der Waals surface area (Å²) in [6.45, 7) is 1.17. The molecule has 0 aliphatic heterocycles. The largest absolute Gasteiger partial charge is 0.338 e. The normalized spacial score (nSPS) is 10.2. The second-order valence-electron chi connectivity index (χ2n) is 4.44. The molecule has 0 aromatic carbocycles. The number of urea groups is 1. The van der Waals surface area contributed by atoms with Gasteiger partial charge in [-0.2, -0.15) is 15.4 Å². The molecule has 7 nitrogen and oxygen atoms in total. The third kappa shape index (κ3) is 4.34. The Bertz CT molecular complexity index is 513. The lowest BCUT2D eigenvalue weighted by molar-refractivity contribution is 0.209. The highest BCUT2D eigenvalue weighted by Gasteiger charge is 2.08. The molecule has 0 aliphatic rings. The lowest BCUT2D eigenvalue weighted by Gasteiger charge is -2.17. The van der Waals surface area contributed by atoms with Crippen LogP contribution in [0.5, 0.6) is 0 Å². The van der Waals surface area contributed by atoms with Gasteiger partial charge in [-0.05, 0) is 12.1 Å². The summed E-state index contributed by atoms with van der Waals surface area (Å²) in [5.41, 5.74) is 1.82. The van der Waals surface area contributed by atoms with Crippen molar-refractivity contribution in [1.82, 2.24) is 30.6 Å². The van der Waals surface area contributed by atoms with Crippen molar-refractivity contribution in [2.24, 2.45) is 0 Å². The van der Waals surface area contributed by atoms with E-state index in [0.29, 0.717) is 19.5 Å². The highest BCUT2D eigenvalue weighted by molar-refractivity contribution is 5.73. The maximum atomic E-state index is 11.8. The quantitative estimate of drug-likeness (QED) is 0.808. The predicted molar refractivity (Wildman–Crippen MR) is 74.1 cm³/mol. The number of carbonyl (C=O) groups excluding carboxylic acids is 1. The molecule has 0 spiro atoms. The standard InChI is InChI=1S/C13H18N6O/c1-19(9-6-11-4-2-3-7-14-11)13(20)15-8-5-12-10-16-18-17-12/h2-4,7,10H,5-6,8-9H2,1H3,(H,15,20)(H,16,17,18). The van der Waals surface area contributed by atoms with Crippen LogP contribution in [-0.2, 0) is 12.8 Å². The SMILES string of the molecule is CN(CCc1ccccn1)C(=O)NCCc1cn[nH]n1. The fourth-order valence-electron chi connectivity index (χ4n) is 1.71. The van der Waals surface area contributed by atoms with Gasteiger partial charge in [-0.1, -0.05) is 6.07 Å². The Morgan fingerprint density at radius 1 is 1.35 bits per heavy atom. The minimum Gasteiger partial charge on any atom is -0.338 e. The monoisotopic (exact) mass is 274 g/mol. The first-order valence-corrected chi connectivity index (χ1v) is 6.49. The molecule has 2 aromatic heterocycles. The first-order chi connectivity index (χ1) is 9.75. The molecule has 0 bridgehead atoms. The van der Waals surface area contributed by atoms with Gasteiger partial charge in [-0.25, -0.2) is 4.79 Å². The molecule has 0 radical (unpaired) electrons. The van der Waals surface area contributed by atoms with Crippen LogP contribution in [0.1, 0.15) is 11.4 Å². The zero-order valence-electron chi connectivity index (χ0n) is 11.4. The van der Waals surface area contributed by atoms with E-state index in [2.05, 4.69) is 25.7 Å². The van der Waals surface area contributed by atoms with E-state index in [1.807, 2.05) is 18.2 Å². The van der Waals surface area contributed by atoms with Crippen molar-refractivity contribution in [2.45, 2.75) is 12.8 Å². The van der Waals surface area contributed by atoms with Crippen molar-refractivity contribution in [2.75, 3.05) is 20.1 Å². The molecule has 0 saturated heterocycles. The summed E-state index contributed by atoms with van der Waals surface area (Å²) in [5, 5.41) is 13.0. The second-order valence-corrected chi connectivity index (χ2v) is 4.44. The zero-order valence-corrected chi connectivity index (χ0v) is 11.4. The second kappa shape index (κ2) is 7.22. The van der Waals surface area contributed by atoms with E-state index in [4.69, 9.17) is 0 Å². The Balaban J connectivity index is 1.66. The Kier molecular flexibility index (Phi) is 5.05. The molecule has 2 rings (SSSR count). The summed E-state index contributed by atoms with van der Waals surface area (Å²) in [6, 6.07) is 5.69. The third-order valence-corrected chi connectivity index (χ3v) is 2.90. The number of nitrogens with zero attached hydrogens (tertiary/aromatic N) is 4. The van der Waals surface area contributed by atoms with Gasteiger partial charge in [0.15, 0.2) is 0 Å². The van der Waals surface area contributed by atoms with Crippen LogP contribution in [0.3, 0.4) is 0 Å². The first-order valence-electron chi connectivity index (χ1n) is 6.49. The van der Waals surface area contributed by atoms with E-state index >= 15 is 0 Å². The molecule has 2 aromatic rings. The molecular weight excluding hydrogens is 256 g/mol. The molecule has 2 heterocycles. The lowest BCUT2D eigenvalue weighted by atomic mass is 10.2. The molecule has 0 atom stereocenters. The number of carbonyl (C=O) groups is 1. The molecule has 0 saturated carbocycles. The number of nitrogens with one attached hydrogen (secondary N) is 2. The summed E-state index contributed by atoms with van der Waals surface area (Å²) in [5.74, 6) is 0. The number of hydrogen-bond donors (Lipinski definition) is 2. The molecule has 2 amide bonds. The van der Waals surface area contributed by atoms with Gasteiger partial charge in [-0.15, -0.1) is 0 Å². The fraction of sp³-hybridized carbons (Fsp3) is 0.385. The average molecular weight is 274 g/mol. The van der Waals surface area contributed by atoms with Crippen LogP contribution in [0.4, 0.5) is 4.79 Å². The van der Waals surface area contributed by atoms with Crippen LogP contribution >= 0.6 is 0 Å². The number of pyridine rings is 1. The van der Waals surface area contributed by atoms with Crippen molar-refractivity contribution >= 4 is 6.03 Å². The van der Waals surface area contributed by atoms with Crippen molar-refractivity contribution < 1.29 is 4.79 Å². The van der Waals surface area contributed by atoms with Gasteiger partial charge in [0.25, 0.3) is 0 Å².